The van der Waals surface area contributed by atoms with Crippen LogP contribution in [0.25, 0.3) is 11.3 Å². The lowest BCUT2D eigenvalue weighted by Gasteiger charge is -2.16. The fourth-order valence-electron chi connectivity index (χ4n) is 1.71. The third-order valence-corrected chi connectivity index (χ3v) is 3.49. The van der Waals surface area contributed by atoms with Crippen LogP contribution in [0, 0.1) is 0 Å². The number of carboxylic acids is 1. The van der Waals surface area contributed by atoms with Gasteiger partial charge >= 0.3 is 5.97 Å². The molecule has 0 aliphatic carbocycles. The topological polar surface area (TPSA) is 66.3 Å². The van der Waals surface area contributed by atoms with Crippen LogP contribution in [0.5, 0.6) is 0 Å². The number of hydrogen-bond acceptors (Lipinski definition) is 4. The van der Waals surface area contributed by atoms with Crippen LogP contribution in [-0.4, -0.2) is 34.6 Å². The van der Waals surface area contributed by atoms with Gasteiger partial charge in [-0.1, -0.05) is 34.1 Å². The molecule has 0 aliphatic heterocycles. The van der Waals surface area contributed by atoms with Gasteiger partial charge in [0.2, 0.25) is 5.95 Å². The van der Waals surface area contributed by atoms with Crippen LogP contribution in [0.4, 0.5) is 5.95 Å². The average molecular weight is 336 g/mol. The first-order chi connectivity index (χ1) is 9.58. The Labute approximate surface area is 125 Å². The van der Waals surface area contributed by atoms with Gasteiger partial charge in [0.1, 0.15) is 0 Å². The van der Waals surface area contributed by atoms with Crippen LogP contribution in [-0.2, 0) is 4.79 Å². The molecule has 0 aliphatic rings. The van der Waals surface area contributed by atoms with Gasteiger partial charge in [-0.2, -0.15) is 0 Å². The number of nitrogens with zero attached hydrogens (tertiary/aromatic N) is 3. The fraction of sp³-hybridized carbons (Fsp3) is 0.214. The summed E-state index contributed by atoms with van der Waals surface area (Å²) in [6.45, 7) is 0.370. The van der Waals surface area contributed by atoms with Gasteiger partial charge in [-0.15, -0.1) is 0 Å². The maximum atomic E-state index is 10.6. The summed E-state index contributed by atoms with van der Waals surface area (Å²) in [4.78, 5) is 21.0. The molecule has 1 heterocycles. The molecule has 0 saturated heterocycles. The first-order valence-corrected chi connectivity index (χ1v) is 6.88. The Hall–Kier alpha value is -1.95. The average Bonchev–Trinajstić information content (AvgIpc) is 2.45. The van der Waals surface area contributed by atoms with E-state index in [0.717, 1.165) is 15.7 Å². The smallest absolute Gasteiger partial charge is 0.305 e. The molecule has 0 spiro atoms. The third kappa shape index (κ3) is 3.54. The number of aromatic nitrogens is 2. The zero-order chi connectivity index (χ0) is 14.5. The van der Waals surface area contributed by atoms with Crippen molar-refractivity contribution in [1.82, 2.24) is 9.97 Å². The van der Waals surface area contributed by atoms with Crippen molar-refractivity contribution in [1.29, 1.82) is 0 Å². The van der Waals surface area contributed by atoms with Crippen LogP contribution in [0.15, 0.2) is 41.0 Å². The van der Waals surface area contributed by atoms with Crippen molar-refractivity contribution in [2.75, 3.05) is 18.5 Å². The Morgan fingerprint density at radius 3 is 2.80 bits per heavy atom. The standard InChI is InChI=1S/C14H14BrN3O2/c1-18(9-7-13(19)20)14-16-8-6-12(17-14)10-4-2-3-5-11(10)15/h2-6,8H,7,9H2,1H3,(H,19,20). The maximum absolute atomic E-state index is 10.6. The second kappa shape index (κ2) is 6.47. The quantitative estimate of drug-likeness (QED) is 0.909. The van der Waals surface area contributed by atoms with E-state index in [-0.39, 0.29) is 6.42 Å². The van der Waals surface area contributed by atoms with Crippen molar-refractivity contribution >= 4 is 27.8 Å². The van der Waals surface area contributed by atoms with Crippen molar-refractivity contribution in [3.63, 3.8) is 0 Å². The van der Waals surface area contributed by atoms with Gasteiger partial charge in [0, 0.05) is 29.8 Å². The Kier molecular flexibility index (Phi) is 4.68. The summed E-state index contributed by atoms with van der Waals surface area (Å²) in [5.74, 6) is -0.321. The molecule has 0 radical (unpaired) electrons. The van der Waals surface area contributed by atoms with E-state index in [9.17, 15) is 4.79 Å². The lowest BCUT2D eigenvalue weighted by atomic mass is 10.1. The molecule has 6 heteroatoms. The van der Waals surface area contributed by atoms with E-state index in [1.807, 2.05) is 30.3 Å². The summed E-state index contributed by atoms with van der Waals surface area (Å²) in [5, 5.41) is 8.70. The van der Waals surface area contributed by atoms with Crippen LogP contribution >= 0.6 is 15.9 Å². The van der Waals surface area contributed by atoms with E-state index in [1.54, 1.807) is 18.1 Å². The molecule has 0 fully saturated rings. The van der Waals surface area contributed by atoms with Gasteiger partial charge in [0.25, 0.3) is 0 Å². The van der Waals surface area contributed by atoms with Crippen molar-refractivity contribution in [2.45, 2.75) is 6.42 Å². The Morgan fingerprint density at radius 1 is 1.35 bits per heavy atom. The number of anilines is 1. The van der Waals surface area contributed by atoms with Gasteiger partial charge in [-0.25, -0.2) is 9.97 Å². The summed E-state index contributed by atoms with van der Waals surface area (Å²) in [6.07, 6.45) is 1.73. The molecule has 104 valence electrons. The number of carbonyl (C=O) groups is 1. The number of benzene rings is 1. The molecule has 2 rings (SSSR count). The van der Waals surface area contributed by atoms with Gasteiger partial charge in [-0.3, -0.25) is 4.79 Å². The monoisotopic (exact) mass is 335 g/mol. The zero-order valence-electron chi connectivity index (χ0n) is 11.0. The summed E-state index contributed by atoms with van der Waals surface area (Å²) >= 11 is 3.49. The molecule has 0 atom stereocenters. The fourth-order valence-corrected chi connectivity index (χ4v) is 2.20. The second-order valence-corrected chi connectivity index (χ2v) is 5.14. The van der Waals surface area contributed by atoms with Gasteiger partial charge in [0.05, 0.1) is 12.1 Å². The molecule has 1 N–H and O–H groups in total. The molecule has 0 saturated carbocycles. The molecule has 0 unspecified atom stereocenters. The van der Waals surface area contributed by atoms with Gasteiger partial charge in [-0.05, 0) is 12.1 Å². The van der Waals surface area contributed by atoms with E-state index in [1.165, 1.54) is 0 Å². The van der Waals surface area contributed by atoms with E-state index in [2.05, 4.69) is 25.9 Å². The molecule has 1 aromatic heterocycles. The van der Waals surface area contributed by atoms with E-state index in [4.69, 9.17) is 5.11 Å². The highest BCUT2D eigenvalue weighted by Gasteiger charge is 2.09. The van der Waals surface area contributed by atoms with E-state index >= 15 is 0 Å². The number of carboxylic acid groups (broad SMARTS) is 1. The first kappa shape index (κ1) is 14.5. The van der Waals surface area contributed by atoms with Crippen LogP contribution in [0.2, 0.25) is 0 Å². The predicted molar refractivity (Wildman–Crippen MR) is 80.7 cm³/mol. The van der Waals surface area contributed by atoms with Crippen molar-refractivity contribution in [3.05, 3.63) is 41.0 Å². The third-order valence-electron chi connectivity index (χ3n) is 2.80. The summed E-state index contributed by atoms with van der Waals surface area (Å²) in [7, 11) is 1.78. The maximum Gasteiger partial charge on any atom is 0.305 e. The molecule has 20 heavy (non-hydrogen) atoms. The summed E-state index contributed by atoms with van der Waals surface area (Å²) in [6, 6.07) is 9.62. The predicted octanol–water partition coefficient (Wildman–Crippen LogP) is 2.82. The molecule has 2 aromatic rings. The number of halogens is 1. The summed E-state index contributed by atoms with van der Waals surface area (Å²) < 4.78 is 0.956. The molecule has 5 nitrogen and oxygen atoms in total. The van der Waals surface area contributed by atoms with Crippen LogP contribution in [0.3, 0.4) is 0 Å². The van der Waals surface area contributed by atoms with E-state index in [0.29, 0.717) is 12.5 Å². The Bertz CT molecular complexity index is 619. The Balaban J connectivity index is 2.24. The van der Waals surface area contributed by atoms with Crippen molar-refractivity contribution < 1.29 is 9.90 Å². The van der Waals surface area contributed by atoms with E-state index < -0.39 is 5.97 Å². The van der Waals surface area contributed by atoms with Crippen LogP contribution in [0.1, 0.15) is 6.42 Å². The molecule has 0 bridgehead atoms. The highest BCUT2D eigenvalue weighted by Crippen LogP contribution is 2.26. The van der Waals surface area contributed by atoms with Crippen molar-refractivity contribution in [3.8, 4) is 11.3 Å². The second-order valence-electron chi connectivity index (χ2n) is 4.29. The van der Waals surface area contributed by atoms with Crippen molar-refractivity contribution in [2.24, 2.45) is 0 Å². The normalized spacial score (nSPS) is 10.3. The summed E-state index contributed by atoms with van der Waals surface area (Å²) in [5.41, 5.74) is 1.77. The SMILES string of the molecule is CN(CCC(=O)O)c1nccc(-c2ccccc2Br)n1. The molecular formula is C14H14BrN3O2. The molecular weight excluding hydrogens is 322 g/mol. The minimum Gasteiger partial charge on any atom is -0.481 e. The van der Waals surface area contributed by atoms with Crippen LogP contribution < -0.4 is 4.90 Å². The number of rotatable bonds is 5. The molecule has 0 amide bonds. The highest BCUT2D eigenvalue weighted by atomic mass is 79.9. The number of aliphatic carboxylic acids is 1. The lowest BCUT2D eigenvalue weighted by Crippen LogP contribution is -2.23. The highest BCUT2D eigenvalue weighted by molar-refractivity contribution is 9.10. The largest absolute Gasteiger partial charge is 0.481 e. The molecule has 1 aromatic carbocycles. The van der Waals surface area contributed by atoms with Gasteiger partial charge in [0.15, 0.2) is 0 Å². The lowest BCUT2D eigenvalue weighted by molar-refractivity contribution is -0.136. The number of hydrogen-bond donors (Lipinski definition) is 1. The van der Waals surface area contributed by atoms with Gasteiger partial charge < -0.3 is 10.0 Å². The minimum absolute atomic E-state index is 0.0547. The zero-order valence-corrected chi connectivity index (χ0v) is 12.5. The Morgan fingerprint density at radius 2 is 2.10 bits per heavy atom. The minimum atomic E-state index is -0.834. The first-order valence-electron chi connectivity index (χ1n) is 6.09.